The number of fused-ring (bicyclic) bond motifs is 1. The number of carbonyl (C=O) groups is 1. The molecule has 0 N–H and O–H groups in total. The van der Waals surface area contributed by atoms with E-state index in [-0.39, 0.29) is 11.5 Å². The van der Waals surface area contributed by atoms with E-state index in [1.165, 1.54) is 31.4 Å². The summed E-state index contributed by atoms with van der Waals surface area (Å²) in [6.45, 7) is -0.0503. The molecule has 0 aliphatic heterocycles. The number of benzene rings is 3. The lowest BCUT2D eigenvalue weighted by molar-refractivity contribution is -0.136. The summed E-state index contributed by atoms with van der Waals surface area (Å²) in [6, 6.07) is 20.6. The minimum Gasteiger partial charge on any atom is -0.493 e. The van der Waals surface area contributed by atoms with Crippen LogP contribution in [0.5, 0.6) is 17.2 Å². The summed E-state index contributed by atoms with van der Waals surface area (Å²) in [7, 11) is 0.686. The fourth-order valence-electron chi connectivity index (χ4n) is 3.94. The Morgan fingerprint density at radius 2 is 1.50 bits per heavy atom. The van der Waals surface area contributed by atoms with Gasteiger partial charge in [-0.25, -0.2) is 17.2 Å². The van der Waals surface area contributed by atoms with Gasteiger partial charge < -0.3 is 18.9 Å². The Hall–Kier alpha value is -4.50. The number of methoxy groups -OCH3 is 3. The number of carbonyl (C=O) groups excluding carboxylic acids is 1. The van der Waals surface area contributed by atoms with Crippen LogP contribution >= 0.6 is 0 Å². The highest BCUT2D eigenvalue weighted by Crippen LogP contribution is 2.38. The third-order valence-electron chi connectivity index (χ3n) is 5.68. The Labute approximate surface area is 221 Å². The normalized spacial score (nSPS) is 11.8. The Morgan fingerprint density at radius 1 is 0.842 bits per heavy atom. The Kier molecular flexibility index (Phi) is 8.18. The van der Waals surface area contributed by atoms with Crippen LogP contribution in [-0.2, 0) is 19.6 Å². The first-order chi connectivity index (χ1) is 18.4. The average molecular weight is 534 g/mol. The van der Waals surface area contributed by atoms with E-state index < -0.39 is 16.0 Å². The summed E-state index contributed by atoms with van der Waals surface area (Å²) in [5.74, 6) is 0.805. The molecule has 8 nitrogen and oxygen atoms in total. The van der Waals surface area contributed by atoms with Crippen molar-refractivity contribution >= 4 is 39.0 Å². The van der Waals surface area contributed by atoms with Crippen LogP contribution in [-0.4, -0.2) is 46.3 Å². The topological polar surface area (TPSA) is 93.1 Å². The fraction of sp³-hybridized carbons (Fsp3) is 0.138. The molecule has 4 aromatic rings. The minimum atomic E-state index is -3.85. The average Bonchev–Trinajstić information content (AvgIpc) is 3.33. The maximum absolute atomic E-state index is 13.4. The second-order valence-corrected chi connectivity index (χ2v) is 9.82. The fourth-order valence-corrected chi connectivity index (χ4v) is 5.47. The summed E-state index contributed by atoms with van der Waals surface area (Å²) >= 11 is 0. The predicted octanol–water partition coefficient (Wildman–Crippen LogP) is 5.17. The molecule has 0 aliphatic rings. The molecule has 0 aliphatic carbocycles. The van der Waals surface area contributed by atoms with Gasteiger partial charge in [0.2, 0.25) is 5.75 Å². The van der Waals surface area contributed by atoms with E-state index in [2.05, 4.69) is 0 Å². The minimum absolute atomic E-state index is 0.0503. The second-order valence-electron chi connectivity index (χ2n) is 8.03. The number of hydrogen-bond donors (Lipinski definition) is 0. The molecule has 0 radical (unpaired) electrons. The predicted molar refractivity (Wildman–Crippen MR) is 146 cm³/mol. The number of rotatable bonds is 10. The number of ether oxygens (including phenoxy) is 4. The highest BCUT2D eigenvalue weighted by molar-refractivity contribution is 7.90. The molecule has 0 fully saturated rings. The third kappa shape index (κ3) is 5.57. The molecule has 3 aromatic carbocycles. The van der Waals surface area contributed by atoms with Gasteiger partial charge in [-0.3, -0.25) is 0 Å². The van der Waals surface area contributed by atoms with Gasteiger partial charge in [-0.05, 0) is 60.2 Å². The number of hydrogen-bond acceptors (Lipinski definition) is 7. The highest BCUT2D eigenvalue weighted by atomic mass is 32.2. The van der Waals surface area contributed by atoms with Crippen molar-refractivity contribution in [3.63, 3.8) is 0 Å². The van der Waals surface area contributed by atoms with Crippen LogP contribution in [0, 0.1) is 0 Å². The molecule has 0 saturated heterocycles. The van der Waals surface area contributed by atoms with Gasteiger partial charge in [-0.1, -0.05) is 36.4 Å². The quantitative estimate of drug-likeness (QED) is 0.205. The van der Waals surface area contributed by atoms with Crippen molar-refractivity contribution in [2.75, 3.05) is 27.9 Å². The third-order valence-corrected chi connectivity index (χ3v) is 7.44. The van der Waals surface area contributed by atoms with Crippen molar-refractivity contribution in [1.29, 1.82) is 0 Å². The van der Waals surface area contributed by atoms with E-state index in [9.17, 15) is 13.2 Å². The van der Waals surface area contributed by atoms with Crippen molar-refractivity contribution in [1.82, 2.24) is 3.97 Å². The molecule has 4 rings (SSSR count). The van der Waals surface area contributed by atoms with Crippen LogP contribution in [0.3, 0.4) is 0 Å². The van der Waals surface area contributed by atoms with Gasteiger partial charge >= 0.3 is 5.97 Å². The lowest BCUT2D eigenvalue weighted by atomic mass is 10.1. The molecule has 1 heterocycles. The van der Waals surface area contributed by atoms with Crippen molar-refractivity contribution in [2.45, 2.75) is 4.90 Å². The molecule has 0 atom stereocenters. The molecule has 0 amide bonds. The van der Waals surface area contributed by atoms with Gasteiger partial charge in [0.15, 0.2) is 11.5 Å². The lowest BCUT2D eigenvalue weighted by Crippen LogP contribution is -2.14. The number of esters is 1. The standard InChI is InChI=1S/C29H27NO7S/c1-34-26-18-21(19-27(35-2)29(26)36-3)15-16-28(31)37-17-9-11-23-20-22-10-7-8-14-25(22)30(23)38(32,33)24-12-5-4-6-13-24/h4-16,18-20H,17H2,1-3H3/b11-9+,16-15-. The molecule has 9 heteroatoms. The van der Waals surface area contributed by atoms with E-state index in [0.717, 1.165) is 5.39 Å². The highest BCUT2D eigenvalue weighted by Gasteiger charge is 2.21. The van der Waals surface area contributed by atoms with Crippen LogP contribution in [0.1, 0.15) is 11.3 Å². The van der Waals surface area contributed by atoms with Crippen LogP contribution in [0.25, 0.3) is 23.1 Å². The molecule has 0 unspecified atom stereocenters. The van der Waals surface area contributed by atoms with E-state index in [1.807, 2.05) is 12.1 Å². The Bertz CT molecular complexity index is 1580. The largest absolute Gasteiger partial charge is 0.493 e. The van der Waals surface area contributed by atoms with Gasteiger partial charge in [0.05, 0.1) is 37.4 Å². The first-order valence-electron chi connectivity index (χ1n) is 11.6. The van der Waals surface area contributed by atoms with E-state index in [0.29, 0.717) is 34.0 Å². The van der Waals surface area contributed by atoms with Crippen molar-refractivity contribution < 1.29 is 32.2 Å². The van der Waals surface area contributed by atoms with Crippen LogP contribution in [0.2, 0.25) is 0 Å². The number of nitrogens with zero attached hydrogens (tertiary/aromatic N) is 1. The van der Waals surface area contributed by atoms with E-state index in [1.54, 1.807) is 78.9 Å². The van der Waals surface area contributed by atoms with Gasteiger partial charge in [-0.2, -0.15) is 0 Å². The Balaban J connectivity index is 1.50. The van der Waals surface area contributed by atoms with Gasteiger partial charge in [-0.15, -0.1) is 0 Å². The maximum Gasteiger partial charge on any atom is 0.331 e. The number of aromatic nitrogens is 1. The zero-order valence-corrected chi connectivity index (χ0v) is 22.0. The molecule has 0 saturated carbocycles. The molecular weight excluding hydrogens is 506 g/mol. The van der Waals surface area contributed by atoms with Gasteiger partial charge in [0.1, 0.15) is 6.61 Å². The van der Waals surface area contributed by atoms with Crippen molar-refractivity contribution in [2.24, 2.45) is 0 Å². The first-order valence-corrected chi connectivity index (χ1v) is 13.1. The number of para-hydroxylation sites is 1. The monoisotopic (exact) mass is 533 g/mol. The summed E-state index contributed by atoms with van der Waals surface area (Å²) < 4.78 is 49.4. The second kappa shape index (κ2) is 11.7. The molecule has 0 bridgehead atoms. The summed E-state index contributed by atoms with van der Waals surface area (Å²) in [5, 5.41) is 0.775. The zero-order chi connectivity index (χ0) is 27.1. The lowest BCUT2D eigenvalue weighted by Gasteiger charge is -2.12. The first kappa shape index (κ1) is 26.6. The maximum atomic E-state index is 13.4. The van der Waals surface area contributed by atoms with Crippen LogP contribution < -0.4 is 14.2 Å². The van der Waals surface area contributed by atoms with E-state index in [4.69, 9.17) is 18.9 Å². The van der Waals surface area contributed by atoms with Crippen LogP contribution in [0.4, 0.5) is 0 Å². The van der Waals surface area contributed by atoms with Crippen LogP contribution in [0.15, 0.2) is 89.8 Å². The zero-order valence-electron chi connectivity index (χ0n) is 21.2. The summed E-state index contributed by atoms with van der Waals surface area (Å²) in [5.41, 5.74) is 1.66. The van der Waals surface area contributed by atoms with Gasteiger partial charge in [0, 0.05) is 11.5 Å². The molecule has 0 spiro atoms. The SMILES string of the molecule is COc1cc(/C=C\C(=O)OC/C=C/c2cc3ccccc3n2S(=O)(=O)c2ccccc2)cc(OC)c1OC. The van der Waals surface area contributed by atoms with Gasteiger partial charge in [0.25, 0.3) is 10.0 Å². The van der Waals surface area contributed by atoms with E-state index >= 15 is 0 Å². The smallest absolute Gasteiger partial charge is 0.331 e. The van der Waals surface area contributed by atoms with Crippen molar-refractivity contribution in [3.05, 3.63) is 96.2 Å². The molecule has 1 aromatic heterocycles. The molecular formula is C29H27NO7S. The van der Waals surface area contributed by atoms with Crippen molar-refractivity contribution in [3.8, 4) is 17.2 Å². The molecule has 38 heavy (non-hydrogen) atoms. The molecule has 196 valence electrons. The Morgan fingerprint density at radius 3 is 2.16 bits per heavy atom. The summed E-state index contributed by atoms with van der Waals surface area (Å²) in [4.78, 5) is 12.5. The summed E-state index contributed by atoms with van der Waals surface area (Å²) in [6.07, 6.45) is 6.07.